The van der Waals surface area contributed by atoms with E-state index in [1.807, 2.05) is 13.0 Å². The predicted molar refractivity (Wildman–Crippen MR) is 72.7 cm³/mol. The molecule has 18 heavy (non-hydrogen) atoms. The molecular weight excluding hydrogens is 246 g/mol. The van der Waals surface area contributed by atoms with Crippen LogP contribution in [0.5, 0.6) is 0 Å². The van der Waals surface area contributed by atoms with Crippen molar-refractivity contribution in [3.05, 3.63) is 21.4 Å². The van der Waals surface area contributed by atoms with E-state index in [-0.39, 0.29) is 12.5 Å². The van der Waals surface area contributed by atoms with Gasteiger partial charge in [-0.15, -0.1) is 11.3 Å². The van der Waals surface area contributed by atoms with Gasteiger partial charge in [-0.05, 0) is 30.9 Å². The van der Waals surface area contributed by atoms with Crippen molar-refractivity contribution >= 4 is 17.2 Å². The number of carbonyl (C=O) groups excluding carboxylic acids is 1. The van der Waals surface area contributed by atoms with Gasteiger partial charge < -0.3 is 10.4 Å². The Kier molecular flexibility index (Phi) is 4.40. The third-order valence-electron chi connectivity index (χ3n) is 2.96. The van der Waals surface area contributed by atoms with E-state index in [1.165, 1.54) is 24.2 Å². The summed E-state index contributed by atoms with van der Waals surface area (Å²) in [6.45, 7) is 2.54. The molecule has 0 aliphatic heterocycles. The van der Waals surface area contributed by atoms with Gasteiger partial charge in [0.15, 0.2) is 0 Å². The number of aliphatic hydroxyl groups excluding tert-OH is 1. The van der Waals surface area contributed by atoms with Gasteiger partial charge in [0.2, 0.25) is 0 Å². The van der Waals surface area contributed by atoms with Gasteiger partial charge in [-0.3, -0.25) is 4.79 Å². The summed E-state index contributed by atoms with van der Waals surface area (Å²) in [5, 5.41) is 11.6. The summed E-state index contributed by atoms with van der Waals surface area (Å²) < 4.78 is 0. The van der Waals surface area contributed by atoms with Gasteiger partial charge >= 0.3 is 0 Å². The van der Waals surface area contributed by atoms with Crippen LogP contribution >= 0.6 is 11.3 Å². The second-order valence-corrected chi connectivity index (χ2v) is 5.62. The number of amides is 1. The number of nitrogens with one attached hydrogen (secondary N) is 1. The smallest absolute Gasteiger partial charge is 0.261 e. The molecular formula is C14H17NO2S. The molecule has 0 atom stereocenters. The Bertz CT molecular complexity index is 492. The number of thiophene rings is 1. The maximum absolute atomic E-state index is 11.9. The molecule has 0 spiro atoms. The average molecular weight is 263 g/mol. The third kappa shape index (κ3) is 3.59. The Morgan fingerprint density at radius 2 is 2.39 bits per heavy atom. The lowest BCUT2D eigenvalue weighted by atomic mass is 10.2. The van der Waals surface area contributed by atoms with Gasteiger partial charge in [-0.2, -0.15) is 0 Å². The number of hydrogen-bond acceptors (Lipinski definition) is 3. The SMILES string of the molecule is Cc1cc(C(=O)NCCC2CC2)sc1C#CCO. The summed E-state index contributed by atoms with van der Waals surface area (Å²) in [4.78, 5) is 13.4. The summed E-state index contributed by atoms with van der Waals surface area (Å²) in [5.41, 5.74) is 0.994. The highest BCUT2D eigenvalue weighted by Gasteiger charge is 2.21. The van der Waals surface area contributed by atoms with E-state index in [0.29, 0.717) is 4.88 Å². The minimum Gasteiger partial charge on any atom is -0.384 e. The molecule has 1 heterocycles. The minimum absolute atomic E-state index is 0.0131. The van der Waals surface area contributed by atoms with Crippen LogP contribution in [0.1, 0.15) is 39.4 Å². The molecule has 2 N–H and O–H groups in total. The first-order valence-electron chi connectivity index (χ1n) is 6.19. The summed E-state index contributed by atoms with van der Waals surface area (Å²) >= 11 is 1.39. The molecule has 1 amide bonds. The molecule has 96 valence electrons. The van der Waals surface area contributed by atoms with E-state index in [0.717, 1.165) is 29.3 Å². The van der Waals surface area contributed by atoms with Crippen molar-refractivity contribution in [1.82, 2.24) is 5.32 Å². The highest BCUT2D eigenvalue weighted by molar-refractivity contribution is 7.14. The number of aryl methyl sites for hydroxylation is 1. The minimum atomic E-state index is -0.153. The van der Waals surface area contributed by atoms with Crippen LogP contribution in [0.2, 0.25) is 0 Å². The monoisotopic (exact) mass is 263 g/mol. The highest BCUT2D eigenvalue weighted by atomic mass is 32.1. The van der Waals surface area contributed by atoms with Crippen LogP contribution in [0.15, 0.2) is 6.07 Å². The van der Waals surface area contributed by atoms with E-state index in [2.05, 4.69) is 17.2 Å². The fourth-order valence-corrected chi connectivity index (χ4v) is 2.68. The molecule has 0 radical (unpaired) electrons. The van der Waals surface area contributed by atoms with Gasteiger partial charge in [-0.1, -0.05) is 24.7 Å². The van der Waals surface area contributed by atoms with Crippen molar-refractivity contribution in [3.63, 3.8) is 0 Å². The molecule has 1 aromatic heterocycles. The molecule has 0 bridgehead atoms. The van der Waals surface area contributed by atoms with Crippen molar-refractivity contribution in [2.75, 3.05) is 13.2 Å². The Hall–Kier alpha value is -1.31. The topological polar surface area (TPSA) is 49.3 Å². The van der Waals surface area contributed by atoms with E-state index < -0.39 is 0 Å². The molecule has 0 saturated heterocycles. The van der Waals surface area contributed by atoms with Crippen molar-refractivity contribution in [2.24, 2.45) is 5.92 Å². The first-order chi connectivity index (χ1) is 8.70. The lowest BCUT2D eigenvalue weighted by molar-refractivity contribution is 0.0956. The van der Waals surface area contributed by atoms with E-state index in [9.17, 15) is 4.79 Å². The molecule has 0 unspecified atom stereocenters. The fourth-order valence-electron chi connectivity index (χ4n) is 1.72. The fraction of sp³-hybridized carbons (Fsp3) is 0.500. The Morgan fingerprint density at radius 1 is 1.61 bits per heavy atom. The second-order valence-electron chi connectivity index (χ2n) is 4.57. The van der Waals surface area contributed by atoms with E-state index in [4.69, 9.17) is 5.11 Å². The van der Waals surface area contributed by atoms with E-state index in [1.54, 1.807) is 0 Å². The lowest BCUT2D eigenvalue weighted by Crippen LogP contribution is -2.23. The average Bonchev–Trinajstić information content (AvgIpc) is 3.09. The number of hydrogen-bond donors (Lipinski definition) is 2. The maximum atomic E-state index is 11.9. The number of aliphatic hydroxyl groups is 1. The molecule has 2 rings (SSSR count). The Labute approximate surface area is 111 Å². The van der Waals surface area contributed by atoms with Gasteiger partial charge in [0, 0.05) is 6.54 Å². The maximum Gasteiger partial charge on any atom is 0.261 e. The molecule has 4 heteroatoms. The van der Waals surface area contributed by atoms with Crippen LogP contribution in [-0.4, -0.2) is 24.2 Å². The molecule has 0 aromatic carbocycles. The number of rotatable bonds is 4. The summed E-state index contributed by atoms with van der Waals surface area (Å²) in [7, 11) is 0. The van der Waals surface area contributed by atoms with Gasteiger partial charge in [0.25, 0.3) is 5.91 Å². The van der Waals surface area contributed by atoms with Gasteiger partial charge in [0.1, 0.15) is 6.61 Å². The Morgan fingerprint density at radius 3 is 3.06 bits per heavy atom. The van der Waals surface area contributed by atoms with Crippen molar-refractivity contribution in [3.8, 4) is 11.8 Å². The van der Waals surface area contributed by atoms with Crippen LogP contribution in [0.4, 0.5) is 0 Å². The molecule has 1 aliphatic rings. The molecule has 3 nitrogen and oxygen atoms in total. The van der Waals surface area contributed by atoms with Crippen molar-refractivity contribution in [1.29, 1.82) is 0 Å². The van der Waals surface area contributed by atoms with Gasteiger partial charge in [0.05, 0.1) is 9.75 Å². The summed E-state index contributed by atoms with van der Waals surface area (Å²) in [5.74, 6) is 6.29. The number of carbonyl (C=O) groups is 1. The normalized spacial score (nSPS) is 13.9. The first kappa shape index (κ1) is 13.1. The zero-order chi connectivity index (χ0) is 13.0. The molecule has 1 fully saturated rings. The van der Waals surface area contributed by atoms with Crippen molar-refractivity contribution in [2.45, 2.75) is 26.2 Å². The first-order valence-corrected chi connectivity index (χ1v) is 7.00. The zero-order valence-corrected chi connectivity index (χ0v) is 11.3. The third-order valence-corrected chi connectivity index (χ3v) is 4.11. The van der Waals surface area contributed by atoms with E-state index >= 15 is 0 Å². The molecule has 1 saturated carbocycles. The summed E-state index contributed by atoms with van der Waals surface area (Å²) in [6.07, 6.45) is 3.72. The van der Waals surface area contributed by atoms with Gasteiger partial charge in [-0.25, -0.2) is 0 Å². The molecule has 1 aromatic rings. The quantitative estimate of drug-likeness (QED) is 0.816. The molecule has 1 aliphatic carbocycles. The lowest BCUT2D eigenvalue weighted by Gasteiger charge is -2.01. The van der Waals surface area contributed by atoms with Crippen LogP contribution < -0.4 is 5.32 Å². The largest absolute Gasteiger partial charge is 0.384 e. The van der Waals surface area contributed by atoms with Crippen molar-refractivity contribution < 1.29 is 9.90 Å². The van der Waals surface area contributed by atoms with Crippen LogP contribution in [-0.2, 0) is 0 Å². The highest BCUT2D eigenvalue weighted by Crippen LogP contribution is 2.31. The van der Waals surface area contributed by atoms with Crippen LogP contribution in [0.25, 0.3) is 0 Å². The Balaban J connectivity index is 1.92. The summed E-state index contributed by atoms with van der Waals surface area (Å²) in [6, 6.07) is 1.86. The van der Waals surface area contributed by atoms with Crippen LogP contribution in [0, 0.1) is 24.7 Å². The second kappa shape index (κ2) is 6.03. The van der Waals surface area contributed by atoms with Crippen LogP contribution in [0.3, 0.4) is 0 Å². The predicted octanol–water partition coefficient (Wildman–Crippen LogP) is 1.93. The zero-order valence-electron chi connectivity index (χ0n) is 10.5. The standard InChI is InChI=1S/C14H17NO2S/c1-10-9-13(18-12(10)3-2-8-16)14(17)15-7-6-11-4-5-11/h9,11,16H,4-8H2,1H3,(H,15,17).